The molecule has 2 saturated carbocycles. The summed E-state index contributed by atoms with van der Waals surface area (Å²) < 4.78 is 2.29. The molecule has 0 amide bonds. The molecule has 2 aliphatic rings. The van der Waals surface area contributed by atoms with Crippen LogP contribution in [0.3, 0.4) is 0 Å². The third-order valence-corrected chi connectivity index (χ3v) is 4.84. The van der Waals surface area contributed by atoms with Crippen molar-refractivity contribution in [2.75, 3.05) is 0 Å². The SMILES string of the molecule is CCc1nc2cccc(C(=O)O)c2n1C(C1CC1)C1CC1. The van der Waals surface area contributed by atoms with Crippen molar-refractivity contribution < 1.29 is 9.90 Å². The van der Waals surface area contributed by atoms with Crippen molar-refractivity contribution in [2.24, 2.45) is 11.8 Å². The third-order valence-electron chi connectivity index (χ3n) is 4.84. The zero-order valence-electron chi connectivity index (χ0n) is 12.2. The molecule has 4 heteroatoms. The number of carboxylic acid groups (broad SMARTS) is 1. The number of carboxylic acids is 1. The molecule has 0 atom stereocenters. The van der Waals surface area contributed by atoms with Crippen molar-refractivity contribution in [2.45, 2.75) is 45.1 Å². The number of imidazole rings is 1. The summed E-state index contributed by atoms with van der Waals surface area (Å²) in [5.41, 5.74) is 2.06. The van der Waals surface area contributed by atoms with Crippen LogP contribution in [0.2, 0.25) is 0 Å². The molecular weight excluding hydrogens is 264 g/mol. The van der Waals surface area contributed by atoms with E-state index in [9.17, 15) is 9.90 Å². The fourth-order valence-electron chi connectivity index (χ4n) is 3.62. The molecule has 0 aliphatic heterocycles. The second kappa shape index (κ2) is 4.58. The minimum atomic E-state index is -0.852. The predicted molar refractivity (Wildman–Crippen MR) is 80.6 cm³/mol. The van der Waals surface area contributed by atoms with E-state index in [0.717, 1.165) is 35.1 Å². The Labute approximate surface area is 123 Å². The molecule has 1 aromatic heterocycles. The Hall–Kier alpha value is -1.84. The van der Waals surface area contributed by atoms with Gasteiger partial charge in [0.15, 0.2) is 0 Å². The largest absolute Gasteiger partial charge is 0.478 e. The Morgan fingerprint density at radius 2 is 2.00 bits per heavy atom. The molecule has 1 aromatic carbocycles. The third kappa shape index (κ3) is 2.04. The fourth-order valence-corrected chi connectivity index (χ4v) is 3.62. The maximum atomic E-state index is 11.6. The van der Waals surface area contributed by atoms with Gasteiger partial charge in [0.05, 0.1) is 16.6 Å². The number of hydrogen-bond acceptors (Lipinski definition) is 2. The molecule has 110 valence electrons. The van der Waals surface area contributed by atoms with Crippen LogP contribution in [0, 0.1) is 11.8 Å². The number of hydrogen-bond donors (Lipinski definition) is 1. The predicted octanol–water partition coefficient (Wildman–Crippen LogP) is 3.66. The van der Waals surface area contributed by atoms with Crippen LogP contribution >= 0.6 is 0 Å². The van der Waals surface area contributed by atoms with E-state index in [4.69, 9.17) is 4.98 Å². The number of benzene rings is 1. The van der Waals surface area contributed by atoms with Gasteiger partial charge in [0.1, 0.15) is 5.82 Å². The van der Waals surface area contributed by atoms with Crippen LogP contribution in [0.1, 0.15) is 54.8 Å². The van der Waals surface area contributed by atoms with E-state index < -0.39 is 5.97 Å². The van der Waals surface area contributed by atoms with Gasteiger partial charge in [-0.05, 0) is 49.7 Å². The Balaban J connectivity index is 1.98. The van der Waals surface area contributed by atoms with Gasteiger partial charge in [-0.1, -0.05) is 13.0 Å². The monoisotopic (exact) mass is 284 g/mol. The van der Waals surface area contributed by atoms with Crippen molar-refractivity contribution in [3.63, 3.8) is 0 Å². The summed E-state index contributed by atoms with van der Waals surface area (Å²) in [6, 6.07) is 5.91. The van der Waals surface area contributed by atoms with E-state index in [-0.39, 0.29) is 0 Å². The smallest absolute Gasteiger partial charge is 0.337 e. The Bertz CT molecular complexity index is 699. The van der Waals surface area contributed by atoms with Gasteiger partial charge in [0.2, 0.25) is 0 Å². The number of carbonyl (C=O) groups is 1. The quantitative estimate of drug-likeness (QED) is 0.911. The maximum absolute atomic E-state index is 11.6. The molecule has 0 bridgehead atoms. The highest BCUT2D eigenvalue weighted by atomic mass is 16.4. The summed E-state index contributed by atoms with van der Waals surface area (Å²) >= 11 is 0. The molecule has 2 aromatic rings. The number of rotatable bonds is 5. The molecule has 21 heavy (non-hydrogen) atoms. The van der Waals surface area contributed by atoms with E-state index in [1.54, 1.807) is 12.1 Å². The number of fused-ring (bicyclic) bond motifs is 1. The first-order valence-electron chi connectivity index (χ1n) is 7.93. The van der Waals surface area contributed by atoms with Crippen LogP contribution in [-0.4, -0.2) is 20.6 Å². The fraction of sp³-hybridized carbons (Fsp3) is 0.529. The Morgan fingerprint density at radius 1 is 1.33 bits per heavy atom. The van der Waals surface area contributed by atoms with E-state index in [0.29, 0.717) is 11.6 Å². The topological polar surface area (TPSA) is 55.1 Å². The first kappa shape index (κ1) is 12.9. The molecule has 2 fully saturated rings. The Morgan fingerprint density at radius 3 is 2.52 bits per heavy atom. The number of aromatic nitrogens is 2. The molecule has 4 rings (SSSR count). The summed E-state index contributed by atoms with van der Waals surface area (Å²) in [6.07, 6.45) is 5.96. The van der Waals surface area contributed by atoms with Gasteiger partial charge in [-0.15, -0.1) is 0 Å². The van der Waals surface area contributed by atoms with Gasteiger partial charge in [0.25, 0.3) is 0 Å². The van der Waals surface area contributed by atoms with Gasteiger partial charge in [0, 0.05) is 12.5 Å². The number of nitrogens with zero attached hydrogens (tertiary/aromatic N) is 2. The van der Waals surface area contributed by atoms with Crippen molar-refractivity contribution in [1.82, 2.24) is 9.55 Å². The number of aromatic carboxylic acids is 1. The van der Waals surface area contributed by atoms with Crippen LogP contribution in [0.5, 0.6) is 0 Å². The van der Waals surface area contributed by atoms with Crippen LogP contribution in [0.4, 0.5) is 0 Å². The van der Waals surface area contributed by atoms with Crippen LogP contribution in [0.25, 0.3) is 11.0 Å². The molecule has 1 N–H and O–H groups in total. The van der Waals surface area contributed by atoms with E-state index in [1.807, 2.05) is 6.07 Å². The molecule has 0 radical (unpaired) electrons. The van der Waals surface area contributed by atoms with E-state index in [2.05, 4.69) is 11.5 Å². The van der Waals surface area contributed by atoms with Crippen molar-refractivity contribution >= 4 is 17.0 Å². The average molecular weight is 284 g/mol. The highest BCUT2D eigenvalue weighted by Crippen LogP contribution is 2.53. The second-order valence-corrected chi connectivity index (χ2v) is 6.40. The van der Waals surface area contributed by atoms with Crippen LogP contribution < -0.4 is 0 Å². The normalized spacial score (nSPS) is 18.6. The maximum Gasteiger partial charge on any atom is 0.337 e. The zero-order valence-corrected chi connectivity index (χ0v) is 12.2. The summed E-state index contributed by atoms with van der Waals surface area (Å²) in [5, 5.41) is 9.54. The summed E-state index contributed by atoms with van der Waals surface area (Å²) in [6.45, 7) is 2.11. The lowest BCUT2D eigenvalue weighted by molar-refractivity contribution is 0.0698. The first-order valence-corrected chi connectivity index (χ1v) is 7.93. The summed E-state index contributed by atoms with van der Waals surface area (Å²) in [7, 11) is 0. The van der Waals surface area contributed by atoms with Gasteiger partial charge < -0.3 is 9.67 Å². The summed E-state index contributed by atoms with van der Waals surface area (Å²) in [4.78, 5) is 16.3. The average Bonchev–Trinajstić information content (AvgIpc) is 3.37. The minimum absolute atomic E-state index is 0.394. The second-order valence-electron chi connectivity index (χ2n) is 6.40. The van der Waals surface area contributed by atoms with E-state index in [1.165, 1.54) is 25.7 Å². The highest BCUT2D eigenvalue weighted by Gasteiger charge is 2.44. The number of para-hydroxylation sites is 1. The molecule has 0 unspecified atom stereocenters. The lowest BCUT2D eigenvalue weighted by Crippen LogP contribution is -2.17. The van der Waals surface area contributed by atoms with E-state index >= 15 is 0 Å². The molecule has 0 saturated heterocycles. The highest BCUT2D eigenvalue weighted by molar-refractivity contribution is 6.01. The first-order chi connectivity index (χ1) is 10.2. The van der Waals surface area contributed by atoms with Crippen LogP contribution in [-0.2, 0) is 6.42 Å². The minimum Gasteiger partial charge on any atom is -0.478 e. The summed E-state index contributed by atoms with van der Waals surface area (Å²) in [5.74, 6) is 1.64. The Kier molecular flexibility index (Phi) is 2.81. The van der Waals surface area contributed by atoms with Gasteiger partial charge in [-0.25, -0.2) is 9.78 Å². The lowest BCUT2D eigenvalue weighted by Gasteiger charge is -2.21. The zero-order chi connectivity index (χ0) is 14.6. The standard InChI is InChI=1S/C17H20N2O2/c1-2-14-18-13-5-3-4-12(17(20)21)16(13)19(14)15(10-6-7-10)11-8-9-11/h3-5,10-11,15H,2,6-9H2,1H3,(H,20,21). The van der Waals surface area contributed by atoms with Crippen molar-refractivity contribution in [3.8, 4) is 0 Å². The van der Waals surface area contributed by atoms with Crippen molar-refractivity contribution in [3.05, 3.63) is 29.6 Å². The van der Waals surface area contributed by atoms with Gasteiger partial charge in [-0.3, -0.25) is 0 Å². The lowest BCUT2D eigenvalue weighted by atomic mass is 10.1. The molecular formula is C17H20N2O2. The molecule has 4 nitrogen and oxygen atoms in total. The molecule has 1 heterocycles. The van der Waals surface area contributed by atoms with Gasteiger partial charge in [-0.2, -0.15) is 0 Å². The van der Waals surface area contributed by atoms with Crippen LogP contribution in [0.15, 0.2) is 18.2 Å². The number of aryl methyl sites for hydroxylation is 1. The molecule has 0 spiro atoms. The molecule has 2 aliphatic carbocycles. The van der Waals surface area contributed by atoms with Crippen molar-refractivity contribution in [1.29, 1.82) is 0 Å². The van der Waals surface area contributed by atoms with Gasteiger partial charge >= 0.3 is 5.97 Å².